The highest BCUT2D eigenvalue weighted by Gasteiger charge is 2.42. The van der Waals surface area contributed by atoms with Crippen LogP contribution in [0.4, 0.5) is 0 Å². The first-order chi connectivity index (χ1) is 16.3. The van der Waals surface area contributed by atoms with Crippen molar-refractivity contribution in [1.29, 1.82) is 0 Å². The second kappa shape index (κ2) is 9.89. The van der Waals surface area contributed by atoms with Gasteiger partial charge in [-0.05, 0) is 75.9 Å². The molecule has 34 heavy (non-hydrogen) atoms. The van der Waals surface area contributed by atoms with E-state index in [4.69, 9.17) is 9.47 Å². The second-order valence-electron chi connectivity index (χ2n) is 9.02. The molecule has 2 heterocycles. The first kappa shape index (κ1) is 23.8. The van der Waals surface area contributed by atoms with Crippen LogP contribution in [0.25, 0.3) is 11.3 Å². The van der Waals surface area contributed by atoms with Gasteiger partial charge in [0.15, 0.2) is 0 Å². The molecule has 1 unspecified atom stereocenters. The van der Waals surface area contributed by atoms with Gasteiger partial charge in [0.25, 0.3) is 5.91 Å². The largest absolute Gasteiger partial charge is 0.507 e. The number of aromatic hydroxyl groups is 1. The fourth-order valence-corrected chi connectivity index (χ4v) is 4.61. The average molecular weight is 464 g/mol. The summed E-state index contributed by atoms with van der Waals surface area (Å²) in [5.41, 5.74) is 5.19. The van der Waals surface area contributed by atoms with E-state index in [1.165, 1.54) is 0 Å². The Bertz CT molecular complexity index is 1180. The number of fused-ring (bicyclic) bond motifs is 1. The maximum atomic E-state index is 13.5. The summed E-state index contributed by atoms with van der Waals surface area (Å²) < 4.78 is 11.5. The summed E-state index contributed by atoms with van der Waals surface area (Å²) in [4.78, 5) is 15.4. The molecule has 1 aromatic heterocycles. The normalized spacial score (nSPS) is 15.3. The minimum Gasteiger partial charge on any atom is -0.507 e. The zero-order valence-electron chi connectivity index (χ0n) is 20.5. The molecule has 7 nitrogen and oxygen atoms in total. The van der Waals surface area contributed by atoms with Gasteiger partial charge < -0.3 is 19.5 Å². The highest BCUT2D eigenvalue weighted by Crippen LogP contribution is 2.45. The van der Waals surface area contributed by atoms with Crippen LogP contribution in [-0.4, -0.2) is 52.0 Å². The third-order valence-electron chi connectivity index (χ3n) is 6.04. The molecule has 0 aliphatic carbocycles. The minimum absolute atomic E-state index is 0.103. The van der Waals surface area contributed by atoms with Gasteiger partial charge in [0.1, 0.15) is 22.9 Å². The molecule has 1 aliphatic heterocycles. The predicted octanol–water partition coefficient (Wildman–Crippen LogP) is 5.16. The van der Waals surface area contributed by atoms with Gasteiger partial charge in [0.2, 0.25) is 0 Å². The first-order valence-corrected chi connectivity index (χ1v) is 11.9. The molecule has 180 valence electrons. The zero-order valence-corrected chi connectivity index (χ0v) is 20.5. The van der Waals surface area contributed by atoms with E-state index >= 15 is 0 Å². The van der Waals surface area contributed by atoms with Gasteiger partial charge in [-0.3, -0.25) is 9.89 Å². The lowest BCUT2D eigenvalue weighted by molar-refractivity contribution is 0.0601. The van der Waals surface area contributed by atoms with Crippen molar-refractivity contribution in [3.63, 3.8) is 0 Å². The maximum Gasteiger partial charge on any atom is 0.273 e. The molecular weight excluding hydrogens is 430 g/mol. The van der Waals surface area contributed by atoms with Gasteiger partial charge in [-0.25, -0.2) is 0 Å². The number of phenolic OH excluding ortho intramolecular Hbond substituents is 1. The quantitative estimate of drug-likeness (QED) is 0.428. The van der Waals surface area contributed by atoms with Gasteiger partial charge in [-0.15, -0.1) is 0 Å². The number of aromatic amines is 1. The van der Waals surface area contributed by atoms with E-state index in [1.54, 1.807) is 0 Å². The monoisotopic (exact) mass is 463 g/mol. The highest BCUT2D eigenvalue weighted by molar-refractivity contribution is 6.00. The lowest BCUT2D eigenvalue weighted by Crippen LogP contribution is -2.31. The van der Waals surface area contributed by atoms with Gasteiger partial charge in [0, 0.05) is 24.3 Å². The highest BCUT2D eigenvalue weighted by atomic mass is 16.5. The molecule has 1 amide bonds. The van der Waals surface area contributed by atoms with Crippen LogP contribution in [0.15, 0.2) is 36.4 Å². The summed E-state index contributed by atoms with van der Waals surface area (Å²) in [7, 11) is 0. The number of phenols is 1. The van der Waals surface area contributed by atoms with Gasteiger partial charge in [0.05, 0.1) is 18.8 Å². The molecule has 0 radical (unpaired) electrons. The molecule has 0 spiro atoms. The Hall–Kier alpha value is -3.32. The van der Waals surface area contributed by atoms with E-state index in [9.17, 15) is 9.90 Å². The molecular formula is C27H33N3O4. The lowest BCUT2D eigenvalue weighted by atomic mass is 9.94. The number of hydrogen-bond acceptors (Lipinski definition) is 5. The molecule has 0 fully saturated rings. The smallest absolute Gasteiger partial charge is 0.273 e. The zero-order chi connectivity index (χ0) is 24.4. The Labute approximate surface area is 200 Å². The van der Waals surface area contributed by atoms with Crippen molar-refractivity contribution < 1.29 is 19.4 Å². The molecule has 1 aliphatic rings. The number of rotatable bonds is 9. The Kier molecular flexibility index (Phi) is 6.93. The molecule has 2 N–H and O–H groups in total. The summed E-state index contributed by atoms with van der Waals surface area (Å²) in [6, 6.07) is 11.3. The third-order valence-corrected chi connectivity index (χ3v) is 6.04. The van der Waals surface area contributed by atoms with Crippen molar-refractivity contribution in [2.45, 2.75) is 53.2 Å². The summed E-state index contributed by atoms with van der Waals surface area (Å²) in [6.07, 6.45) is 0.858. The molecule has 0 saturated carbocycles. The maximum absolute atomic E-state index is 13.5. The minimum atomic E-state index is -0.351. The lowest BCUT2D eigenvalue weighted by Gasteiger charge is -2.27. The summed E-state index contributed by atoms with van der Waals surface area (Å²) in [5, 5.41) is 18.3. The Morgan fingerprint density at radius 1 is 1.21 bits per heavy atom. The number of aryl methyl sites for hydroxylation is 2. The molecule has 7 heteroatoms. The van der Waals surface area contributed by atoms with Crippen molar-refractivity contribution in [3.8, 4) is 22.8 Å². The number of H-pyrrole nitrogens is 1. The van der Waals surface area contributed by atoms with Crippen LogP contribution < -0.4 is 4.74 Å². The van der Waals surface area contributed by atoms with E-state index in [1.807, 2.05) is 75.9 Å². The topological polar surface area (TPSA) is 87.7 Å². The molecule has 0 saturated heterocycles. The van der Waals surface area contributed by atoms with Crippen molar-refractivity contribution in [3.05, 3.63) is 64.3 Å². The molecule has 0 bridgehead atoms. The van der Waals surface area contributed by atoms with E-state index < -0.39 is 0 Å². The van der Waals surface area contributed by atoms with Crippen molar-refractivity contribution >= 4 is 5.91 Å². The molecule has 4 rings (SSSR count). The van der Waals surface area contributed by atoms with E-state index in [0.29, 0.717) is 43.1 Å². The van der Waals surface area contributed by atoms with Crippen molar-refractivity contribution in [2.24, 2.45) is 0 Å². The fourth-order valence-electron chi connectivity index (χ4n) is 4.61. The standard InChI is InChI=1S/C27H33N3O4/c1-6-33-20-10-7-9-19(15-20)25-22-23(21-14-17(4)13-18(5)26(21)31)28-29-24(22)27(32)30(25)11-8-12-34-16(2)3/h7,9-10,13-16,25,31H,6,8,11-12H2,1-5H3,(H,28,29). The second-order valence-corrected chi connectivity index (χ2v) is 9.02. The predicted molar refractivity (Wildman–Crippen MR) is 131 cm³/mol. The number of aromatic nitrogens is 2. The number of nitrogens with zero attached hydrogens (tertiary/aromatic N) is 2. The van der Waals surface area contributed by atoms with Crippen LogP contribution in [0.3, 0.4) is 0 Å². The summed E-state index contributed by atoms with van der Waals surface area (Å²) >= 11 is 0. The van der Waals surface area contributed by atoms with Crippen LogP contribution in [0, 0.1) is 13.8 Å². The van der Waals surface area contributed by atoms with Gasteiger partial charge in [-0.2, -0.15) is 5.10 Å². The number of hydrogen-bond donors (Lipinski definition) is 2. The van der Waals surface area contributed by atoms with Crippen LogP contribution in [0.5, 0.6) is 11.5 Å². The van der Waals surface area contributed by atoms with Crippen LogP contribution in [0.1, 0.15) is 66.0 Å². The molecule has 2 aromatic carbocycles. The third kappa shape index (κ3) is 4.53. The first-order valence-electron chi connectivity index (χ1n) is 11.9. The fraction of sp³-hybridized carbons (Fsp3) is 0.407. The van der Waals surface area contributed by atoms with Gasteiger partial charge in [-0.1, -0.05) is 18.2 Å². The number of benzene rings is 2. The van der Waals surface area contributed by atoms with Gasteiger partial charge >= 0.3 is 0 Å². The number of amides is 1. The average Bonchev–Trinajstić information content (AvgIpc) is 3.33. The Morgan fingerprint density at radius 2 is 2.00 bits per heavy atom. The van der Waals surface area contributed by atoms with Crippen LogP contribution in [0.2, 0.25) is 0 Å². The summed E-state index contributed by atoms with van der Waals surface area (Å²) in [6.45, 7) is 11.5. The summed E-state index contributed by atoms with van der Waals surface area (Å²) in [5.74, 6) is 0.829. The van der Waals surface area contributed by atoms with E-state index in [2.05, 4.69) is 10.2 Å². The number of nitrogens with one attached hydrogen (secondary N) is 1. The van der Waals surface area contributed by atoms with Crippen molar-refractivity contribution in [1.82, 2.24) is 15.1 Å². The SMILES string of the molecule is CCOc1cccc(C2c3c(-c4cc(C)cc(C)c4O)n[nH]c3C(=O)N2CCCOC(C)C)c1. The van der Waals surface area contributed by atoms with Crippen LogP contribution >= 0.6 is 0 Å². The molecule has 3 aromatic rings. The van der Waals surface area contributed by atoms with E-state index in [-0.39, 0.29) is 23.8 Å². The Morgan fingerprint density at radius 3 is 2.74 bits per heavy atom. The van der Waals surface area contributed by atoms with E-state index in [0.717, 1.165) is 28.0 Å². The van der Waals surface area contributed by atoms with Crippen molar-refractivity contribution in [2.75, 3.05) is 19.8 Å². The van der Waals surface area contributed by atoms with Crippen LogP contribution in [-0.2, 0) is 4.74 Å². The Balaban J connectivity index is 1.80. The number of carbonyl (C=O) groups is 1. The number of ether oxygens (including phenoxy) is 2. The number of carbonyl (C=O) groups excluding carboxylic acids is 1. The molecule has 1 atom stereocenters.